The van der Waals surface area contributed by atoms with E-state index in [-0.39, 0.29) is 5.92 Å². The van der Waals surface area contributed by atoms with E-state index in [4.69, 9.17) is 26.4 Å². The van der Waals surface area contributed by atoms with Gasteiger partial charge in [-0.3, -0.25) is 0 Å². The number of benzene rings is 3. The van der Waals surface area contributed by atoms with E-state index < -0.39 is 14.9 Å². The van der Waals surface area contributed by atoms with Gasteiger partial charge in [0.25, 0.3) is 0 Å². The van der Waals surface area contributed by atoms with Gasteiger partial charge in [0.2, 0.25) is 0 Å². The normalized spacial score (nSPS) is 19.4. The Morgan fingerprint density at radius 1 is 1.00 bits per heavy atom. The van der Waals surface area contributed by atoms with Crippen molar-refractivity contribution in [2.24, 2.45) is 0 Å². The van der Waals surface area contributed by atoms with Gasteiger partial charge in [-0.2, -0.15) is 0 Å². The van der Waals surface area contributed by atoms with Crippen molar-refractivity contribution in [2.75, 3.05) is 11.9 Å². The topological polar surface area (TPSA) is 3.24 Å². The van der Waals surface area contributed by atoms with Crippen LogP contribution in [0.1, 0.15) is 33.7 Å². The number of fused-ring (bicyclic) bond motifs is 6. The van der Waals surface area contributed by atoms with Crippen LogP contribution in [0, 0.1) is 0 Å². The predicted octanol–water partition coefficient (Wildman–Crippen LogP) is 6.75. The van der Waals surface area contributed by atoms with Crippen molar-refractivity contribution in [2.45, 2.75) is 12.3 Å². The summed E-state index contributed by atoms with van der Waals surface area (Å²) in [5.41, 5.74) is 8.63. The Kier molecular flexibility index (Phi) is 4.61. The number of hydrogen-bond donors (Lipinski definition) is 1. The number of halogens is 3. The van der Waals surface area contributed by atoms with E-state index in [9.17, 15) is 0 Å². The van der Waals surface area contributed by atoms with E-state index in [0.717, 1.165) is 28.6 Å². The molecule has 1 atom stereocenters. The second-order valence-electron chi connectivity index (χ2n) is 8.50. The summed E-state index contributed by atoms with van der Waals surface area (Å²) < 4.78 is 2.91. The second kappa shape index (κ2) is 6.87. The van der Waals surface area contributed by atoms with Crippen molar-refractivity contribution >= 4 is 66.7 Å². The molecule has 1 nitrogen and oxygen atoms in total. The number of rotatable bonds is 2. The minimum absolute atomic E-state index is 0.205. The molecule has 31 heavy (non-hydrogen) atoms. The molecule has 0 bridgehead atoms. The zero-order valence-electron chi connectivity index (χ0n) is 16.7. The number of likely N-dealkylation sites (N-methyl/N-ethyl adjacent to an activating group) is 1. The zero-order chi connectivity index (χ0) is 21.6. The van der Waals surface area contributed by atoms with Crippen molar-refractivity contribution in [1.82, 2.24) is 0 Å². The van der Waals surface area contributed by atoms with E-state index in [2.05, 4.69) is 101 Å². The van der Waals surface area contributed by atoms with Gasteiger partial charge >= 0.3 is 205 Å². The molecular weight excluding hydrogens is 588 g/mol. The van der Waals surface area contributed by atoms with Crippen LogP contribution < -0.4 is 11.4 Å². The molecule has 0 saturated carbocycles. The van der Waals surface area contributed by atoms with E-state index in [1.165, 1.54) is 28.1 Å². The molecule has 1 aliphatic heterocycles. The monoisotopic (exact) mass is 604 g/mol. The molecule has 1 unspecified atom stereocenters. The first-order chi connectivity index (χ1) is 14.8. The van der Waals surface area contributed by atoms with Gasteiger partial charge in [0, 0.05) is 0 Å². The molecule has 6 rings (SSSR count). The maximum atomic E-state index is 7.54. The molecule has 155 valence electrons. The standard InChI is InChI=1S/C16H11BrN.C9H7.2ClH.H2S.Zr/c1-18-14-5-3-2-4-13(14)16-12-7-6-11(17)8-10(12)9-15(16)18;1-2-5-9-7-3-6-8(9)4-1;;;;/h2-7,9,16H,1H3;1-4,7H,6H2;2*1H;1H2;/q;;;;;+3/p-3. The predicted molar refractivity (Wildman–Crippen MR) is 138 cm³/mol. The van der Waals surface area contributed by atoms with Crippen LogP contribution in [0.3, 0.4) is 0 Å². The Morgan fingerprint density at radius 3 is 2.65 bits per heavy atom. The van der Waals surface area contributed by atoms with Crippen LogP contribution in [0.4, 0.5) is 5.69 Å². The molecule has 3 aromatic rings. The Balaban J connectivity index is 1.62. The van der Waals surface area contributed by atoms with Crippen LogP contribution in [0.5, 0.6) is 0 Å². The molecule has 0 amide bonds. The number of para-hydroxylation sites is 1. The summed E-state index contributed by atoms with van der Waals surface area (Å²) in [4.78, 5) is 2.28. The fourth-order valence-electron chi connectivity index (χ4n) is 5.43. The summed E-state index contributed by atoms with van der Waals surface area (Å²) in [6.45, 7) is 0. The van der Waals surface area contributed by atoms with Crippen molar-refractivity contribution in [3.63, 3.8) is 0 Å². The fourth-order valence-corrected chi connectivity index (χ4v) is 23.5. The van der Waals surface area contributed by atoms with Crippen LogP contribution in [-0.2, 0) is 21.4 Å². The van der Waals surface area contributed by atoms with Crippen molar-refractivity contribution in [1.29, 1.82) is 0 Å². The molecule has 6 heteroatoms. The Bertz CT molecular complexity index is 1360. The summed E-state index contributed by atoms with van der Waals surface area (Å²) in [7, 11) is 22.4. The van der Waals surface area contributed by atoms with Gasteiger partial charge < -0.3 is 0 Å². The number of anilines is 1. The molecule has 0 N–H and O–H groups in total. The first-order valence-electron chi connectivity index (χ1n) is 10.2. The summed E-state index contributed by atoms with van der Waals surface area (Å²) in [6, 6.07) is 19.2. The molecule has 3 aromatic carbocycles. The summed E-state index contributed by atoms with van der Waals surface area (Å²) in [5, 5.41) is 0. The van der Waals surface area contributed by atoms with E-state index >= 15 is 0 Å². The third-order valence-electron chi connectivity index (χ3n) is 6.83. The van der Waals surface area contributed by atoms with Crippen molar-refractivity contribution in [3.8, 4) is 0 Å². The fraction of sp³-hybridized carbons (Fsp3) is 0.120. The van der Waals surface area contributed by atoms with E-state index in [0.29, 0.717) is 0 Å². The second-order valence-corrected chi connectivity index (χ2v) is 35.2. The Hall–Kier alpha value is -0.767. The average Bonchev–Trinajstić information content (AvgIpc) is 3.42. The van der Waals surface area contributed by atoms with Gasteiger partial charge in [-0.15, -0.1) is 0 Å². The van der Waals surface area contributed by atoms with Crippen molar-refractivity contribution in [3.05, 3.63) is 98.7 Å². The first kappa shape index (κ1) is 20.8. The molecule has 1 heterocycles. The van der Waals surface area contributed by atoms with Crippen molar-refractivity contribution < 1.29 is 14.9 Å². The molecule has 0 aromatic heterocycles. The number of allylic oxidation sites excluding steroid dienone is 2. The quantitative estimate of drug-likeness (QED) is 0.316. The van der Waals surface area contributed by atoms with Gasteiger partial charge in [-0.05, 0) is 0 Å². The first-order valence-corrected chi connectivity index (χ1v) is 23.6. The molecule has 0 radical (unpaired) electrons. The number of thiol groups is 1. The average molecular weight is 608 g/mol. The SMILES string of the molecule is CN1C2=Cc3c(ccc(Br)[c]3[Zr]([SH])([Cl])([Cl])[c]3cccc4c3C=CC4)C2c2ccccc21. The van der Waals surface area contributed by atoms with E-state index in [1.807, 2.05) is 0 Å². The van der Waals surface area contributed by atoms with Gasteiger partial charge in [0.15, 0.2) is 0 Å². The van der Waals surface area contributed by atoms with Crippen LogP contribution in [0.25, 0.3) is 12.2 Å². The van der Waals surface area contributed by atoms with Gasteiger partial charge in [0.05, 0.1) is 0 Å². The molecule has 0 spiro atoms. The summed E-state index contributed by atoms with van der Waals surface area (Å²) in [6.07, 6.45) is 7.50. The third-order valence-corrected chi connectivity index (χ3v) is 22.5. The van der Waals surface area contributed by atoms with Gasteiger partial charge in [-0.1, -0.05) is 0 Å². The Morgan fingerprint density at radius 2 is 1.81 bits per heavy atom. The molecule has 0 fully saturated rings. The third kappa shape index (κ3) is 2.85. The van der Waals surface area contributed by atoms with Gasteiger partial charge in [-0.25, -0.2) is 0 Å². The molecule has 0 saturated heterocycles. The molecule has 3 aliphatic rings. The zero-order valence-corrected chi connectivity index (χ0v) is 23.2. The number of nitrogens with zero attached hydrogens (tertiary/aromatic N) is 1. The molecule has 2 aliphatic carbocycles. The van der Waals surface area contributed by atoms with Gasteiger partial charge in [0.1, 0.15) is 0 Å². The van der Waals surface area contributed by atoms with Crippen LogP contribution >= 0.6 is 42.3 Å². The maximum absolute atomic E-state index is 7.54. The van der Waals surface area contributed by atoms with E-state index in [1.54, 1.807) is 0 Å². The Labute approximate surface area is 202 Å². The summed E-state index contributed by atoms with van der Waals surface area (Å²) in [5.74, 6) is 0.205. The number of hydrogen-bond acceptors (Lipinski definition) is 2. The molecular formula is C25H19BrCl2NSZr. The summed E-state index contributed by atoms with van der Waals surface area (Å²) >= 11 is -1.12. The van der Waals surface area contributed by atoms with Crippen LogP contribution in [0.15, 0.2) is 70.8 Å². The van der Waals surface area contributed by atoms with Crippen LogP contribution in [-0.4, -0.2) is 7.05 Å². The van der Waals surface area contributed by atoms with Crippen LogP contribution in [0.2, 0.25) is 0 Å². The minimum atomic E-state index is -4.92.